The van der Waals surface area contributed by atoms with E-state index < -0.39 is 0 Å². The summed E-state index contributed by atoms with van der Waals surface area (Å²) in [6, 6.07) is -0.227. The van der Waals surface area contributed by atoms with Crippen LogP contribution in [0, 0.1) is 0 Å². The van der Waals surface area contributed by atoms with E-state index in [9.17, 15) is 4.79 Å². The van der Waals surface area contributed by atoms with Crippen molar-refractivity contribution < 1.29 is 9.53 Å². The van der Waals surface area contributed by atoms with Crippen molar-refractivity contribution in [2.75, 3.05) is 12.4 Å². The van der Waals surface area contributed by atoms with Crippen molar-refractivity contribution in [1.82, 2.24) is 5.32 Å². The van der Waals surface area contributed by atoms with Gasteiger partial charge in [0.25, 0.3) is 0 Å². The van der Waals surface area contributed by atoms with Crippen molar-refractivity contribution in [3.05, 3.63) is 0 Å². The maximum Gasteiger partial charge on any atom is 0.329 e. The molecule has 5 heteroatoms. The van der Waals surface area contributed by atoms with Gasteiger partial charge in [-0.3, -0.25) is 0 Å². The molecule has 0 bridgehead atoms. The van der Waals surface area contributed by atoms with Gasteiger partial charge in [0.15, 0.2) is 0 Å². The number of carbonyl (C=O) groups excluding carboxylic acids is 1. The van der Waals surface area contributed by atoms with Crippen LogP contribution in [0.1, 0.15) is 19.8 Å². The second-order valence-corrected chi connectivity index (χ2v) is 4.51. The molecule has 1 rings (SSSR count). The summed E-state index contributed by atoms with van der Waals surface area (Å²) in [6.07, 6.45) is 1.97. The van der Waals surface area contributed by atoms with Crippen LogP contribution in [0.25, 0.3) is 0 Å². The molecule has 1 heterocycles. The number of hydrogen-bond acceptors (Lipinski definition) is 4. The number of hydrogen-bond donors (Lipinski definition) is 1. The van der Waals surface area contributed by atoms with Gasteiger partial charge in [0.1, 0.15) is 10.4 Å². The maximum absolute atomic E-state index is 11.3. The molecular weight excluding hydrogens is 206 g/mol. The van der Waals surface area contributed by atoms with E-state index in [0.717, 1.165) is 12.8 Å². The monoisotopic (exact) mass is 219 g/mol. The number of carbonyl (C=O) groups is 1. The fraction of sp³-hybridized carbons (Fsp3) is 0.750. The third-order valence-corrected chi connectivity index (χ3v) is 3.05. The highest BCUT2D eigenvalue weighted by atomic mass is 32.2. The van der Waals surface area contributed by atoms with Gasteiger partial charge >= 0.3 is 5.97 Å². The first kappa shape index (κ1) is 10.8. The van der Waals surface area contributed by atoms with Crippen LogP contribution in [0.3, 0.4) is 0 Å². The summed E-state index contributed by atoms with van der Waals surface area (Å²) in [7, 11) is 0. The Balaban J connectivity index is 2.20. The Morgan fingerprint density at radius 2 is 2.62 bits per heavy atom. The molecule has 0 aromatic carbocycles. The number of thioether (sulfide) groups is 1. The third kappa shape index (κ3) is 3.52. The Morgan fingerprint density at radius 1 is 1.85 bits per heavy atom. The van der Waals surface area contributed by atoms with Crippen LogP contribution in [-0.4, -0.2) is 28.7 Å². The average molecular weight is 219 g/mol. The number of unbranched alkanes of at least 4 members (excludes halogenated alkanes) is 1. The van der Waals surface area contributed by atoms with E-state index in [0.29, 0.717) is 16.7 Å². The average Bonchev–Trinajstić information content (AvgIpc) is 2.52. The summed E-state index contributed by atoms with van der Waals surface area (Å²) in [6.45, 7) is 2.58. The van der Waals surface area contributed by atoms with Crippen LogP contribution in [-0.2, 0) is 9.53 Å². The van der Waals surface area contributed by atoms with E-state index in [1.165, 1.54) is 11.8 Å². The summed E-state index contributed by atoms with van der Waals surface area (Å²) in [5, 5.41) is 2.90. The van der Waals surface area contributed by atoms with Crippen molar-refractivity contribution >= 4 is 34.3 Å². The molecule has 0 aromatic rings. The lowest BCUT2D eigenvalue weighted by molar-refractivity contribution is -0.145. The molecule has 0 aliphatic carbocycles. The molecule has 1 aliphatic heterocycles. The summed E-state index contributed by atoms with van der Waals surface area (Å²) in [4.78, 5) is 11.3. The highest BCUT2D eigenvalue weighted by Crippen LogP contribution is 2.14. The molecule has 13 heavy (non-hydrogen) atoms. The molecule has 0 aromatic heterocycles. The Morgan fingerprint density at radius 3 is 3.15 bits per heavy atom. The molecule has 0 saturated carbocycles. The van der Waals surface area contributed by atoms with Gasteiger partial charge in [0, 0.05) is 5.75 Å². The zero-order valence-electron chi connectivity index (χ0n) is 7.54. The van der Waals surface area contributed by atoms with E-state index in [4.69, 9.17) is 17.0 Å². The molecule has 0 amide bonds. The van der Waals surface area contributed by atoms with Gasteiger partial charge in [-0.05, 0) is 6.42 Å². The smallest absolute Gasteiger partial charge is 0.329 e. The first-order chi connectivity index (χ1) is 6.24. The zero-order chi connectivity index (χ0) is 9.68. The number of rotatable bonds is 4. The minimum Gasteiger partial charge on any atom is -0.464 e. The minimum absolute atomic E-state index is 0.180. The second kappa shape index (κ2) is 5.44. The highest BCUT2D eigenvalue weighted by Gasteiger charge is 2.26. The lowest BCUT2D eigenvalue weighted by atomic mass is 10.3. The summed E-state index contributed by atoms with van der Waals surface area (Å²) >= 11 is 6.39. The fourth-order valence-electron chi connectivity index (χ4n) is 0.929. The largest absolute Gasteiger partial charge is 0.464 e. The molecule has 74 valence electrons. The van der Waals surface area contributed by atoms with Gasteiger partial charge in [-0.15, -0.1) is 0 Å². The van der Waals surface area contributed by atoms with Crippen LogP contribution in [0.15, 0.2) is 0 Å². The van der Waals surface area contributed by atoms with E-state index in [-0.39, 0.29) is 12.0 Å². The summed E-state index contributed by atoms with van der Waals surface area (Å²) in [5.41, 5.74) is 0. The molecule has 1 atom stereocenters. The predicted molar refractivity (Wildman–Crippen MR) is 57.8 cm³/mol. The second-order valence-electron chi connectivity index (χ2n) is 2.82. The molecule has 1 fully saturated rings. The Kier molecular flexibility index (Phi) is 4.52. The maximum atomic E-state index is 11.3. The van der Waals surface area contributed by atoms with E-state index in [1.807, 2.05) is 0 Å². The van der Waals surface area contributed by atoms with Gasteiger partial charge in [0.2, 0.25) is 0 Å². The first-order valence-electron chi connectivity index (χ1n) is 4.34. The molecule has 1 unspecified atom stereocenters. The lowest BCUT2D eigenvalue weighted by Crippen LogP contribution is -2.35. The van der Waals surface area contributed by atoms with E-state index in [1.54, 1.807) is 0 Å². The van der Waals surface area contributed by atoms with Gasteiger partial charge in [-0.25, -0.2) is 4.79 Å². The standard InChI is InChI=1S/C8H13NO2S2/c1-2-3-4-11-7(10)6-5-13-8(12)9-6/h6H,2-5H2,1H3,(H,9,12). The molecule has 3 nitrogen and oxygen atoms in total. The van der Waals surface area contributed by atoms with Crippen molar-refractivity contribution in [3.63, 3.8) is 0 Å². The number of ether oxygens (including phenoxy) is 1. The number of esters is 1. The summed E-state index contributed by atoms with van der Waals surface area (Å²) < 4.78 is 5.73. The number of nitrogens with one attached hydrogen (secondary N) is 1. The predicted octanol–water partition coefficient (Wildman–Crippen LogP) is 1.32. The lowest BCUT2D eigenvalue weighted by Gasteiger charge is -2.08. The van der Waals surface area contributed by atoms with Crippen LogP contribution in [0.5, 0.6) is 0 Å². The SMILES string of the molecule is CCCCOC(=O)C1CSC(=S)N1. The molecule has 0 radical (unpaired) electrons. The molecule has 1 aliphatic rings. The highest BCUT2D eigenvalue weighted by molar-refractivity contribution is 8.23. The Bertz CT molecular complexity index is 208. The van der Waals surface area contributed by atoms with Gasteiger partial charge in [-0.1, -0.05) is 37.3 Å². The zero-order valence-corrected chi connectivity index (χ0v) is 9.17. The Hall–Kier alpha value is -0.290. The normalized spacial score (nSPS) is 21.3. The molecule has 1 N–H and O–H groups in total. The van der Waals surface area contributed by atoms with Crippen molar-refractivity contribution in [3.8, 4) is 0 Å². The van der Waals surface area contributed by atoms with E-state index in [2.05, 4.69) is 12.2 Å². The van der Waals surface area contributed by atoms with Crippen molar-refractivity contribution in [2.24, 2.45) is 0 Å². The van der Waals surface area contributed by atoms with Crippen LogP contribution < -0.4 is 5.32 Å². The van der Waals surface area contributed by atoms with Crippen molar-refractivity contribution in [2.45, 2.75) is 25.8 Å². The third-order valence-electron chi connectivity index (χ3n) is 1.70. The van der Waals surface area contributed by atoms with E-state index >= 15 is 0 Å². The quantitative estimate of drug-likeness (QED) is 0.438. The molecule has 1 saturated heterocycles. The van der Waals surface area contributed by atoms with Gasteiger partial charge < -0.3 is 10.1 Å². The molecular formula is C8H13NO2S2. The molecule has 0 spiro atoms. The van der Waals surface area contributed by atoms with Crippen LogP contribution in [0.4, 0.5) is 0 Å². The number of thiocarbonyl (C=S) groups is 1. The van der Waals surface area contributed by atoms with Crippen molar-refractivity contribution in [1.29, 1.82) is 0 Å². The summed E-state index contributed by atoms with van der Waals surface area (Å²) in [5.74, 6) is 0.518. The minimum atomic E-state index is -0.227. The fourth-order valence-corrected chi connectivity index (χ4v) is 2.04. The first-order valence-corrected chi connectivity index (χ1v) is 5.73. The Labute approximate surface area is 87.6 Å². The van der Waals surface area contributed by atoms with Gasteiger partial charge in [0.05, 0.1) is 6.61 Å². The van der Waals surface area contributed by atoms with Crippen LogP contribution >= 0.6 is 24.0 Å². The van der Waals surface area contributed by atoms with Crippen LogP contribution in [0.2, 0.25) is 0 Å². The topological polar surface area (TPSA) is 38.3 Å². The van der Waals surface area contributed by atoms with Gasteiger partial charge in [-0.2, -0.15) is 0 Å².